The van der Waals surface area contributed by atoms with E-state index in [1.54, 1.807) is 0 Å². The molecule has 1 aromatic heterocycles. The Labute approximate surface area is 118 Å². The molecule has 1 atom stereocenters. The molecule has 4 heteroatoms. The van der Waals surface area contributed by atoms with Crippen molar-refractivity contribution in [2.45, 2.75) is 19.8 Å². The molecule has 1 aliphatic rings. The van der Waals surface area contributed by atoms with Crippen molar-refractivity contribution in [2.75, 3.05) is 23.9 Å². The van der Waals surface area contributed by atoms with E-state index in [0.29, 0.717) is 5.92 Å². The Morgan fingerprint density at radius 3 is 2.84 bits per heavy atom. The Hall–Kier alpha value is -1.35. The van der Waals surface area contributed by atoms with Gasteiger partial charge in [-0.2, -0.15) is 5.10 Å². The van der Waals surface area contributed by atoms with Gasteiger partial charge in [0.15, 0.2) is 5.82 Å². The first-order valence-corrected chi connectivity index (χ1v) is 7.36. The van der Waals surface area contributed by atoms with Gasteiger partial charge in [-0.15, -0.1) is 16.7 Å². The monoisotopic (exact) mass is 275 g/mol. The van der Waals surface area contributed by atoms with Crippen LogP contribution in [0.1, 0.15) is 18.5 Å². The number of alkyl halides is 1. The number of aryl methyl sites for hydroxylation is 1. The largest absolute Gasteiger partial charge is 0.354 e. The summed E-state index contributed by atoms with van der Waals surface area (Å²) in [5, 5.41) is 11.1. The summed E-state index contributed by atoms with van der Waals surface area (Å²) in [5.41, 5.74) is 0.996. The zero-order valence-corrected chi connectivity index (χ0v) is 11.9. The highest BCUT2D eigenvalue weighted by molar-refractivity contribution is 6.17. The van der Waals surface area contributed by atoms with Gasteiger partial charge in [0.1, 0.15) is 0 Å². The predicted octanol–water partition coefficient (Wildman–Crippen LogP) is 3.39. The van der Waals surface area contributed by atoms with Gasteiger partial charge < -0.3 is 4.90 Å². The maximum atomic E-state index is 5.84. The SMILES string of the molecule is Cc1nnc(N2CCC(CCCl)C2)c2ccccc12. The Bertz CT molecular complexity index is 585. The lowest BCUT2D eigenvalue weighted by molar-refractivity contribution is 0.572. The van der Waals surface area contributed by atoms with Crippen LogP contribution in [0.4, 0.5) is 5.82 Å². The van der Waals surface area contributed by atoms with Crippen LogP contribution in [0, 0.1) is 12.8 Å². The van der Waals surface area contributed by atoms with Crippen LogP contribution in [0.5, 0.6) is 0 Å². The molecule has 3 nitrogen and oxygen atoms in total. The van der Waals surface area contributed by atoms with Crippen LogP contribution in [-0.4, -0.2) is 29.2 Å². The van der Waals surface area contributed by atoms with Crippen LogP contribution in [0.2, 0.25) is 0 Å². The van der Waals surface area contributed by atoms with E-state index in [1.165, 1.54) is 17.2 Å². The lowest BCUT2D eigenvalue weighted by atomic mass is 10.1. The number of hydrogen-bond donors (Lipinski definition) is 0. The van der Waals surface area contributed by atoms with Gasteiger partial charge in [-0.05, 0) is 25.7 Å². The van der Waals surface area contributed by atoms with Gasteiger partial charge >= 0.3 is 0 Å². The molecule has 0 spiro atoms. The number of hydrogen-bond acceptors (Lipinski definition) is 3. The van der Waals surface area contributed by atoms with Gasteiger partial charge in [0, 0.05) is 29.7 Å². The number of anilines is 1. The fraction of sp³-hybridized carbons (Fsp3) is 0.467. The van der Waals surface area contributed by atoms with Crippen LogP contribution >= 0.6 is 11.6 Å². The van der Waals surface area contributed by atoms with Crippen molar-refractivity contribution in [3.63, 3.8) is 0 Å². The summed E-state index contributed by atoms with van der Waals surface area (Å²) in [6.45, 7) is 4.12. The van der Waals surface area contributed by atoms with Gasteiger partial charge in [-0.25, -0.2) is 0 Å². The quantitative estimate of drug-likeness (QED) is 0.804. The smallest absolute Gasteiger partial charge is 0.159 e. The molecule has 0 radical (unpaired) electrons. The fourth-order valence-electron chi connectivity index (χ4n) is 2.87. The van der Waals surface area contributed by atoms with Crippen LogP contribution < -0.4 is 4.90 Å². The average molecular weight is 276 g/mol. The maximum Gasteiger partial charge on any atom is 0.159 e. The normalized spacial score (nSPS) is 19.3. The second kappa shape index (κ2) is 5.33. The minimum absolute atomic E-state index is 0.694. The molecule has 1 aliphatic heterocycles. The zero-order chi connectivity index (χ0) is 13.2. The molecule has 2 heterocycles. The van der Waals surface area contributed by atoms with E-state index >= 15 is 0 Å². The van der Waals surface area contributed by atoms with Crippen molar-refractivity contribution in [2.24, 2.45) is 5.92 Å². The maximum absolute atomic E-state index is 5.84. The molecule has 1 aromatic carbocycles. The number of fused-ring (bicyclic) bond motifs is 1. The second-order valence-corrected chi connectivity index (χ2v) is 5.61. The van der Waals surface area contributed by atoms with Gasteiger partial charge in [0.05, 0.1) is 5.69 Å². The first-order chi connectivity index (χ1) is 9.29. The van der Waals surface area contributed by atoms with E-state index in [0.717, 1.165) is 36.9 Å². The van der Waals surface area contributed by atoms with E-state index < -0.39 is 0 Å². The summed E-state index contributed by atoms with van der Waals surface area (Å²) in [6.07, 6.45) is 2.30. The molecular formula is C15H18ClN3. The van der Waals surface area contributed by atoms with Crippen LogP contribution in [0.3, 0.4) is 0 Å². The minimum atomic E-state index is 0.694. The molecule has 0 saturated carbocycles. The van der Waals surface area contributed by atoms with E-state index in [-0.39, 0.29) is 0 Å². The number of benzene rings is 1. The van der Waals surface area contributed by atoms with Crippen LogP contribution in [0.15, 0.2) is 24.3 Å². The molecule has 1 saturated heterocycles. The lowest BCUT2D eigenvalue weighted by Gasteiger charge is -2.19. The van der Waals surface area contributed by atoms with E-state index in [9.17, 15) is 0 Å². The van der Waals surface area contributed by atoms with Crippen molar-refractivity contribution in [3.05, 3.63) is 30.0 Å². The highest BCUT2D eigenvalue weighted by atomic mass is 35.5. The summed E-state index contributed by atoms with van der Waals surface area (Å²) in [5.74, 6) is 2.47. The molecule has 19 heavy (non-hydrogen) atoms. The highest BCUT2D eigenvalue weighted by Crippen LogP contribution is 2.30. The molecule has 3 rings (SSSR count). The van der Waals surface area contributed by atoms with Crippen molar-refractivity contribution >= 4 is 28.2 Å². The third-order valence-corrected chi connectivity index (χ3v) is 4.17. The zero-order valence-electron chi connectivity index (χ0n) is 11.1. The Morgan fingerprint density at radius 2 is 2.05 bits per heavy atom. The Morgan fingerprint density at radius 1 is 1.26 bits per heavy atom. The summed E-state index contributed by atoms with van der Waals surface area (Å²) in [7, 11) is 0. The Kier molecular flexibility index (Phi) is 3.56. The molecule has 1 fully saturated rings. The molecule has 100 valence electrons. The van der Waals surface area contributed by atoms with Crippen LogP contribution in [0.25, 0.3) is 10.8 Å². The molecule has 0 bridgehead atoms. The summed E-state index contributed by atoms with van der Waals surface area (Å²) in [4.78, 5) is 2.35. The molecular weight excluding hydrogens is 258 g/mol. The Balaban J connectivity index is 1.96. The number of nitrogens with zero attached hydrogens (tertiary/aromatic N) is 3. The standard InChI is InChI=1S/C15H18ClN3/c1-11-13-4-2-3-5-14(13)15(18-17-11)19-9-7-12(10-19)6-8-16/h2-5,12H,6-10H2,1H3. The van der Waals surface area contributed by atoms with Crippen molar-refractivity contribution in [3.8, 4) is 0 Å². The van der Waals surface area contributed by atoms with E-state index in [1.807, 2.05) is 6.92 Å². The fourth-order valence-corrected chi connectivity index (χ4v) is 3.18. The predicted molar refractivity (Wildman–Crippen MR) is 79.9 cm³/mol. The third kappa shape index (κ3) is 2.39. The highest BCUT2D eigenvalue weighted by Gasteiger charge is 2.24. The first-order valence-electron chi connectivity index (χ1n) is 6.82. The summed E-state index contributed by atoms with van der Waals surface area (Å²) in [6, 6.07) is 8.39. The molecule has 2 aromatic rings. The van der Waals surface area contributed by atoms with Crippen molar-refractivity contribution in [1.82, 2.24) is 10.2 Å². The van der Waals surface area contributed by atoms with Gasteiger partial charge in [-0.1, -0.05) is 24.3 Å². The molecule has 1 unspecified atom stereocenters. The minimum Gasteiger partial charge on any atom is -0.354 e. The third-order valence-electron chi connectivity index (χ3n) is 3.96. The topological polar surface area (TPSA) is 29.0 Å². The average Bonchev–Trinajstić information content (AvgIpc) is 2.88. The van der Waals surface area contributed by atoms with Crippen molar-refractivity contribution in [1.29, 1.82) is 0 Å². The van der Waals surface area contributed by atoms with E-state index in [2.05, 4.69) is 39.4 Å². The molecule has 0 N–H and O–H groups in total. The van der Waals surface area contributed by atoms with Gasteiger partial charge in [0.25, 0.3) is 0 Å². The summed E-state index contributed by atoms with van der Waals surface area (Å²) >= 11 is 5.84. The second-order valence-electron chi connectivity index (χ2n) is 5.23. The number of halogens is 1. The number of aromatic nitrogens is 2. The van der Waals surface area contributed by atoms with Crippen LogP contribution in [-0.2, 0) is 0 Å². The van der Waals surface area contributed by atoms with Gasteiger partial charge in [0.2, 0.25) is 0 Å². The lowest BCUT2D eigenvalue weighted by Crippen LogP contribution is -2.21. The van der Waals surface area contributed by atoms with E-state index in [4.69, 9.17) is 11.6 Å². The first kappa shape index (κ1) is 12.7. The summed E-state index contributed by atoms with van der Waals surface area (Å²) < 4.78 is 0. The van der Waals surface area contributed by atoms with Gasteiger partial charge in [-0.3, -0.25) is 0 Å². The van der Waals surface area contributed by atoms with Crippen molar-refractivity contribution < 1.29 is 0 Å². The molecule has 0 amide bonds. The number of rotatable bonds is 3. The molecule has 0 aliphatic carbocycles.